The smallest absolute Gasteiger partial charge is 0.261 e. The van der Waals surface area contributed by atoms with E-state index in [-0.39, 0.29) is 18.6 Å². The van der Waals surface area contributed by atoms with Crippen molar-refractivity contribution >= 4 is 12.2 Å². The third-order valence-corrected chi connectivity index (χ3v) is 5.12. The number of nitrogens with zero attached hydrogens (tertiary/aromatic N) is 1. The average Bonchev–Trinajstić information content (AvgIpc) is 3.27. The summed E-state index contributed by atoms with van der Waals surface area (Å²) >= 11 is 0. The molecule has 1 aliphatic rings. The molecule has 160 valence electrons. The molecule has 0 aromatic heterocycles. The van der Waals surface area contributed by atoms with E-state index in [9.17, 15) is 9.59 Å². The third-order valence-electron chi connectivity index (χ3n) is 5.12. The number of carbonyl (C=O) groups excluding carboxylic acids is 2. The van der Waals surface area contributed by atoms with Crippen LogP contribution in [0.15, 0.2) is 36.4 Å². The SMILES string of the molecule is CCOc1cc(C=O)ccc1OCC(=O)N1CCC[C@@H]1c1cc(OC)ccc1OC. The molecule has 7 nitrogen and oxygen atoms in total. The first-order valence-corrected chi connectivity index (χ1v) is 9.97. The molecule has 0 bridgehead atoms. The summed E-state index contributed by atoms with van der Waals surface area (Å²) in [5.41, 5.74) is 1.41. The topological polar surface area (TPSA) is 74.3 Å². The lowest BCUT2D eigenvalue weighted by Crippen LogP contribution is -2.34. The van der Waals surface area contributed by atoms with Crippen molar-refractivity contribution in [1.29, 1.82) is 0 Å². The Hall–Kier alpha value is -3.22. The molecule has 1 saturated heterocycles. The highest BCUT2D eigenvalue weighted by molar-refractivity contribution is 5.79. The first kappa shape index (κ1) is 21.5. The van der Waals surface area contributed by atoms with Gasteiger partial charge in [0.15, 0.2) is 18.1 Å². The first-order chi connectivity index (χ1) is 14.6. The number of aldehydes is 1. The molecule has 1 aliphatic heterocycles. The highest BCUT2D eigenvalue weighted by Crippen LogP contribution is 2.39. The van der Waals surface area contributed by atoms with Gasteiger partial charge in [0.05, 0.1) is 26.9 Å². The van der Waals surface area contributed by atoms with Crippen molar-refractivity contribution in [2.75, 3.05) is 34.0 Å². The fourth-order valence-corrected chi connectivity index (χ4v) is 3.70. The fraction of sp³-hybridized carbons (Fsp3) is 0.391. The van der Waals surface area contributed by atoms with E-state index in [1.165, 1.54) is 0 Å². The van der Waals surface area contributed by atoms with Crippen LogP contribution in [-0.4, -0.2) is 51.1 Å². The molecule has 0 aliphatic carbocycles. The fourth-order valence-electron chi connectivity index (χ4n) is 3.70. The zero-order valence-electron chi connectivity index (χ0n) is 17.6. The minimum absolute atomic E-state index is 0.102. The molecule has 2 aromatic carbocycles. The van der Waals surface area contributed by atoms with E-state index in [2.05, 4.69) is 0 Å². The molecule has 7 heteroatoms. The van der Waals surface area contributed by atoms with Crippen molar-refractivity contribution in [2.45, 2.75) is 25.8 Å². The molecule has 0 spiro atoms. The van der Waals surface area contributed by atoms with E-state index < -0.39 is 0 Å². The largest absolute Gasteiger partial charge is 0.497 e. The number of benzene rings is 2. The monoisotopic (exact) mass is 413 g/mol. The zero-order valence-corrected chi connectivity index (χ0v) is 17.6. The van der Waals surface area contributed by atoms with Crippen molar-refractivity contribution < 1.29 is 28.5 Å². The third kappa shape index (κ3) is 4.67. The summed E-state index contributed by atoms with van der Waals surface area (Å²) in [5.74, 6) is 2.21. The number of hydrogen-bond donors (Lipinski definition) is 0. The van der Waals surface area contributed by atoms with Crippen LogP contribution in [0.2, 0.25) is 0 Å². The van der Waals surface area contributed by atoms with Gasteiger partial charge < -0.3 is 23.8 Å². The van der Waals surface area contributed by atoms with E-state index >= 15 is 0 Å². The van der Waals surface area contributed by atoms with Gasteiger partial charge in [0.1, 0.15) is 17.8 Å². The van der Waals surface area contributed by atoms with Crippen LogP contribution in [0, 0.1) is 0 Å². The summed E-state index contributed by atoms with van der Waals surface area (Å²) < 4.78 is 22.2. The molecule has 30 heavy (non-hydrogen) atoms. The Bertz CT molecular complexity index is 897. The van der Waals surface area contributed by atoms with Gasteiger partial charge in [-0.25, -0.2) is 0 Å². The number of methoxy groups -OCH3 is 2. The molecule has 3 rings (SSSR count). The molecule has 0 radical (unpaired) electrons. The van der Waals surface area contributed by atoms with Crippen LogP contribution in [0.5, 0.6) is 23.0 Å². The minimum Gasteiger partial charge on any atom is -0.497 e. The zero-order chi connectivity index (χ0) is 21.5. The molecule has 1 heterocycles. The van der Waals surface area contributed by atoms with Gasteiger partial charge in [0.2, 0.25) is 0 Å². The number of rotatable bonds is 9. The van der Waals surface area contributed by atoms with Crippen molar-refractivity contribution in [1.82, 2.24) is 4.90 Å². The van der Waals surface area contributed by atoms with E-state index in [4.69, 9.17) is 18.9 Å². The summed E-state index contributed by atoms with van der Waals surface area (Å²) in [5, 5.41) is 0. The Morgan fingerprint density at radius 1 is 1.07 bits per heavy atom. The number of amides is 1. The van der Waals surface area contributed by atoms with Crippen LogP contribution in [-0.2, 0) is 4.79 Å². The van der Waals surface area contributed by atoms with E-state index in [0.717, 1.165) is 36.2 Å². The Balaban J connectivity index is 1.75. The maximum Gasteiger partial charge on any atom is 0.261 e. The predicted molar refractivity (Wildman–Crippen MR) is 112 cm³/mol. The van der Waals surface area contributed by atoms with Crippen LogP contribution in [0.1, 0.15) is 41.7 Å². The summed E-state index contributed by atoms with van der Waals surface area (Å²) in [7, 11) is 3.23. The molecular formula is C23H27NO6. The maximum absolute atomic E-state index is 13.0. The van der Waals surface area contributed by atoms with E-state index in [1.807, 2.05) is 30.0 Å². The van der Waals surface area contributed by atoms with Gasteiger partial charge in [0.25, 0.3) is 5.91 Å². The number of likely N-dealkylation sites (tertiary alicyclic amines) is 1. The van der Waals surface area contributed by atoms with Crippen LogP contribution >= 0.6 is 0 Å². The molecule has 1 amide bonds. The Labute approximate surface area is 176 Å². The summed E-state index contributed by atoms with van der Waals surface area (Å²) in [6.45, 7) is 2.80. The summed E-state index contributed by atoms with van der Waals surface area (Å²) in [6.07, 6.45) is 2.48. The van der Waals surface area contributed by atoms with Crippen LogP contribution in [0.3, 0.4) is 0 Å². The molecule has 2 aromatic rings. The van der Waals surface area contributed by atoms with Gasteiger partial charge in [-0.2, -0.15) is 0 Å². The summed E-state index contributed by atoms with van der Waals surface area (Å²) in [4.78, 5) is 25.8. The van der Waals surface area contributed by atoms with Gasteiger partial charge in [-0.15, -0.1) is 0 Å². The quantitative estimate of drug-likeness (QED) is 0.584. The molecule has 0 saturated carbocycles. The van der Waals surface area contributed by atoms with Gasteiger partial charge in [0, 0.05) is 17.7 Å². The Kier molecular flexibility index (Phi) is 7.17. The Morgan fingerprint density at radius 3 is 2.57 bits per heavy atom. The number of ether oxygens (including phenoxy) is 4. The maximum atomic E-state index is 13.0. The number of carbonyl (C=O) groups is 2. The van der Waals surface area contributed by atoms with Crippen molar-refractivity contribution in [3.05, 3.63) is 47.5 Å². The van der Waals surface area contributed by atoms with Gasteiger partial charge >= 0.3 is 0 Å². The lowest BCUT2D eigenvalue weighted by Gasteiger charge is -2.27. The lowest BCUT2D eigenvalue weighted by molar-refractivity contribution is -0.134. The first-order valence-electron chi connectivity index (χ1n) is 9.97. The second-order valence-corrected chi connectivity index (χ2v) is 6.90. The van der Waals surface area contributed by atoms with Crippen molar-refractivity contribution in [2.24, 2.45) is 0 Å². The van der Waals surface area contributed by atoms with Gasteiger partial charge in [-0.1, -0.05) is 0 Å². The molecule has 1 atom stereocenters. The standard InChI is InChI=1S/C23H27NO6/c1-4-29-22-12-16(14-25)7-9-21(22)30-15-23(26)24-11-5-6-19(24)18-13-17(27-2)8-10-20(18)28-3/h7-10,12-14,19H,4-6,11,15H2,1-3H3/t19-/m1/s1. The van der Waals surface area contributed by atoms with E-state index in [1.54, 1.807) is 32.4 Å². The number of hydrogen-bond acceptors (Lipinski definition) is 6. The van der Waals surface area contributed by atoms with Crippen molar-refractivity contribution in [3.8, 4) is 23.0 Å². The van der Waals surface area contributed by atoms with Crippen molar-refractivity contribution in [3.63, 3.8) is 0 Å². The average molecular weight is 413 g/mol. The predicted octanol–water partition coefficient (Wildman–Crippen LogP) is 3.66. The van der Waals surface area contributed by atoms with Crippen LogP contribution in [0.25, 0.3) is 0 Å². The molecular weight excluding hydrogens is 386 g/mol. The summed E-state index contributed by atoms with van der Waals surface area (Å²) in [6, 6.07) is 10.4. The van der Waals surface area contributed by atoms with Gasteiger partial charge in [-0.3, -0.25) is 9.59 Å². The lowest BCUT2D eigenvalue weighted by atomic mass is 10.0. The molecule has 1 fully saturated rings. The second kappa shape index (κ2) is 10.0. The second-order valence-electron chi connectivity index (χ2n) is 6.90. The molecule has 0 N–H and O–H groups in total. The minimum atomic E-state index is -0.122. The van der Waals surface area contributed by atoms with Crippen LogP contribution in [0.4, 0.5) is 0 Å². The van der Waals surface area contributed by atoms with Gasteiger partial charge in [-0.05, 0) is 56.2 Å². The molecule has 0 unspecified atom stereocenters. The van der Waals surface area contributed by atoms with E-state index in [0.29, 0.717) is 30.2 Å². The van der Waals surface area contributed by atoms with Crippen LogP contribution < -0.4 is 18.9 Å². The highest BCUT2D eigenvalue weighted by atomic mass is 16.5. The highest BCUT2D eigenvalue weighted by Gasteiger charge is 2.32. The normalized spacial score (nSPS) is 15.6. The Morgan fingerprint density at radius 2 is 1.87 bits per heavy atom.